The maximum atomic E-state index is 12.3. The minimum Gasteiger partial charge on any atom is -0.333 e. The number of carbonyl (C=O) groups is 2. The van der Waals surface area contributed by atoms with Crippen molar-refractivity contribution in [3.05, 3.63) is 28.2 Å². The summed E-state index contributed by atoms with van der Waals surface area (Å²) in [5.74, 6) is -0.255. The molecule has 1 aliphatic heterocycles. The SMILES string of the molecule is CCCN(CC(=O)Nc1ccc(Cl)cc1Cl)C(=O)C1CNC1.Cl. The van der Waals surface area contributed by atoms with Crippen molar-refractivity contribution in [2.24, 2.45) is 5.92 Å². The summed E-state index contributed by atoms with van der Waals surface area (Å²) < 4.78 is 0. The normalized spacial score (nSPS) is 13.7. The Morgan fingerprint density at radius 3 is 2.57 bits per heavy atom. The number of hydrogen-bond acceptors (Lipinski definition) is 3. The van der Waals surface area contributed by atoms with Gasteiger partial charge in [-0.25, -0.2) is 0 Å². The van der Waals surface area contributed by atoms with Crippen LogP contribution in [0.3, 0.4) is 0 Å². The maximum Gasteiger partial charge on any atom is 0.244 e. The first-order valence-electron chi connectivity index (χ1n) is 7.25. The Morgan fingerprint density at radius 2 is 2.04 bits per heavy atom. The summed E-state index contributed by atoms with van der Waals surface area (Å²) in [7, 11) is 0. The summed E-state index contributed by atoms with van der Waals surface area (Å²) in [5, 5.41) is 6.66. The molecule has 1 aromatic carbocycles. The van der Waals surface area contributed by atoms with Gasteiger partial charge in [0, 0.05) is 24.7 Å². The lowest BCUT2D eigenvalue weighted by Crippen LogP contribution is -2.53. The van der Waals surface area contributed by atoms with E-state index in [4.69, 9.17) is 23.2 Å². The fourth-order valence-corrected chi connectivity index (χ4v) is 2.67. The number of carbonyl (C=O) groups excluding carboxylic acids is 2. The Labute approximate surface area is 152 Å². The molecule has 0 spiro atoms. The average molecular weight is 381 g/mol. The van der Waals surface area contributed by atoms with E-state index in [9.17, 15) is 9.59 Å². The topological polar surface area (TPSA) is 61.4 Å². The Kier molecular flexibility index (Phi) is 8.12. The second kappa shape index (κ2) is 9.33. The van der Waals surface area contributed by atoms with Crippen LogP contribution in [0, 0.1) is 5.92 Å². The van der Waals surface area contributed by atoms with Crippen LogP contribution in [0.5, 0.6) is 0 Å². The number of benzene rings is 1. The predicted octanol–water partition coefficient (Wildman–Crippen LogP) is 2.81. The van der Waals surface area contributed by atoms with Gasteiger partial charge in [-0.2, -0.15) is 0 Å². The van der Waals surface area contributed by atoms with Crippen LogP contribution < -0.4 is 10.6 Å². The lowest BCUT2D eigenvalue weighted by molar-refractivity contribution is -0.139. The van der Waals surface area contributed by atoms with Crippen molar-refractivity contribution >= 4 is 53.1 Å². The Morgan fingerprint density at radius 1 is 1.35 bits per heavy atom. The molecule has 1 aromatic rings. The summed E-state index contributed by atoms with van der Waals surface area (Å²) >= 11 is 11.8. The third kappa shape index (κ3) is 5.53. The summed E-state index contributed by atoms with van der Waals surface area (Å²) in [5.41, 5.74) is 0.491. The van der Waals surface area contributed by atoms with E-state index >= 15 is 0 Å². The van der Waals surface area contributed by atoms with Gasteiger partial charge in [0.25, 0.3) is 0 Å². The van der Waals surface area contributed by atoms with Crippen LogP contribution in [0.4, 0.5) is 5.69 Å². The minimum atomic E-state index is -0.265. The van der Waals surface area contributed by atoms with Gasteiger partial charge < -0.3 is 15.5 Å². The molecule has 2 rings (SSSR count). The predicted molar refractivity (Wildman–Crippen MR) is 95.6 cm³/mol. The highest BCUT2D eigenvalue weighted by Crippen LogP contribution is 2.25. The Bertz CT molecular complexity index is 565. The zero-order chi connectivity index (χ0) is 16.1. The molecule has 128 valence electrons. The van der Waals surface area contributed by atoms with Crippen LogP contribution in [-0.4, -0.2) is 42.9 Å². The molecule has 0 unspecified atom stereocenters. The van der Waals surface area contributed by atoms with Crippen LogP contribution in [0.2, 0.25) is 10.0 Å². The number of nitrogens with zero attached hydrogens (tertiary/aromatic N) is 1. The van der Waals surface area contributed by atoms with Crippen LogP contribution in [0.25, 0.3) is 0 Å². The molecule has 0 atom stereocenters. The zero-order valence-corrected chi connectivity index (χ0v) is 15.1. The standard InChI is InChI=1S/C15H19Cl2N3O2.ClH/c1-2-5-20(15(22)10-7-18-8-10)9-14(21)19-13-4-3-11(16)6-12(13)17;/h3-4,6,10,18H,2,5,7-9H2,1H3,(H,19,21);1H. The van der Waals surface area contributed by atoms with Crippen LogP contribution in [-0.2, 0) is 9.59 Å². The molecule has 5 nitrogen and oxygen atoms in total. The summed E-state index contributed by atoms with van der Waals surface area (Å²) in [6.07, 6.45) is 0.806. The van der Waals surface area contributed by atoms with E-state index in [0.29, 0.717) is 35.4 Å². The highest BCUT2D eigenvalue weighted by molar-refractivity contribution is 6.36. The van der Waals surface area contributed by atoms with Crippen LogP contribution >= 0.6 is 35.6 Å². The summed E-state index contributed by atoms with van der Waals surface area (Å²) in [4.78, 5) is 26.0. The van der Waals surface area contributed by atoms with Crippen molar-refractivity contribution in [2.75, 3.05) is 31.5 Å². The number of halogens is 3. The molecular weight excluding hydrogens is 361 g/mol. The molecule has 2 N–H and O–H groups in total. The van der Waals surface area contributed by atoms with E-state index in [1.54, 1.807) is 23.1 Å². The van der Waals surface area contributed by atoms with Gasteiger partial charge in [-0.15, -0.1) is 12.4 Å². The number of nitrogens with one attached hydrogen (secondary N) is 2. The molecule has 1 heterocycles. The lowest BCUT2D eigenvalue weighted by atomic mass is 10.0. The largest absolute Gasteiger partial charge is 0.333 e. The molecule has 1 aliphatic rings. The highest BCUT2D eigenvalue weighted by Gasteiger charge is 2.29. The number of rotatable bonds is 6. The molecule has 0 aliphatic carbocycles. The first-order valence-corrected chi connectivity index (χ1v) is 8.01. The first kappa shape index (κ1) is 20.0. The van der Waals surface area contributed by atoms with Gasteiger partial charge >= 0.3 is 0 Å². The molecule has 0 saturated carbocycles. The van der Waals surface area contributed by atoms with Gasteiger partial charge in [-0.05, 0) is 24.6 Å². The summed E-state index contributed by atoms with van der Waals surface area (Å²) in [6, 6.07) is 4.86. The quantitative estimate of drug-likeness (QED) is 0.798. The average Bonchev–Trinajstić information content (AvgIpc) is 2.39. The van der Waals surface area contributed by atoms with Crippen molar-refractivity contribution in [2.45, 2.75) is 13.3 Å². The molecule has 23 heavy (non-hydrogen) atoms. The van der Waals surface area contributed by atoms with E-state index in [1.165, 1.54) is 0 Å². The number of hydrogen-bond donors (Lipinski definition) is 2. The fourth-order valence-electron chi connectivity index (χ4n) is 2.21. The Balaban J connectivity index is 0.00000264. The van der Waals surface area contributed by atoms with E-state index in [1.807, 2.05) is 6.92 Å². The monoisotopic (exact) mass is 379 g/mol. The third-order valence-electron chi connectivity index (χ3n) is 3.48. The van der Waals surface area contributed by atoms with Gasteiger partial charge in [0.1, 0.15) is 0 Å². The van der Waals surface area contributed by atoms with E-state index in [-0.39, 0.29) is 36.7 Å². The lowest BCUT2D eigenvalue weighted by Gasteiger charge is -2.32. The molecule has 0 radical (unpaired) electrons. The molecule has 1 saturated heterocycles. The van der Waals surface area contributed by atoms with E-state index in [0.717, 1.165) is 6.42 Å². The summed E-state index contributed by atoms with van der Waals surface area (Å²) in [6.45, 7) is 3.94. The van der Waals surface area contributed by atoms with Gasteiger partial charge in [-0.3, -0.25) is 9.59 Å². The smallest absolute Gasteiger partial charge is 0.244 e. The van der Waals surface area contributed by atoms with Crippen LogP contribution in [0.1, 0.15) is 13.3 Å². The maximum absolute atomic E-state index is 12.3. The molecule has 0 aromatic heterocycles. The van der Waals surface area contributed by atoms with E-state index < -0.39 is 0 Å². The first-order chi connectivity index (χ1) is 10.5. The molecular formula is C15H20Cl3N3O2. The van der Waals surface area contributed by atoms with Crippen molar-refractivity contribution in [1.29, 1.82) is 0 Å². The minimum absolute atomic E-state index is 0. The van der Waals surface area contributed by atoms with Crippen molar-refractivity contribution in [3.63, 3.8) is 0 Å². The molecule has 2 amide bonds. The van der Waals surface area contributed by atoms with E-state index in [2.05, 4.69) is 10.6 Å². The highest BCUT2D eigenvalue weighted by atomic mass is 35.5. The van der Waals surface area contributed by atoms with Crippen LogP contribution in [0.15, 0.2) is 18.2 Å². The molecule has 8 heteroatoms. The van der Waals surface area contributed by atoms with Crippen molar-refractivity contribution < 1.29 is 9.59 Å². The third-order valence-corrected chi connectivity index (χ3v) is 4.02. The van der Waals surface area contributed by atoms with Gasteiger partial charge in [0.05, 0.1) is 23.2 Å². The van der Waals surface area contributed by atoms with Crippen molar-refractivity contribution in [3.8, 4) is 0 Å². The molecule has 1 fully saturated rings. The van der Waals surface area contributed by atoms with Crippen molar-refractivity contribution in [1.82, 2.24) is 10.2 Å². The second-order valence-electron chi connectivity index (χ2n) is 5.29. The Hall–Kier alpha value is -1.01. The number of anilines is 1. The van der Waals surface area contributed by atoms with Gasteiger partial charge in [0.15, 0.2) is 0 Å². The second-order valence-corrected chi connectivity index (χ2v) is 6.13. The molecule has 0 bridgehead atoms. The zero-order valence-electron chi connectivity index (χ0n) is 12.8. The van der Waals surface area contributed by atoms with Gasteiger partial charge in [0.2, 0.25) is 11.8 Å². The number of amides is 2. The fraction of sp³-hybridized carbons (Fsp3) is 0.467. The van der Waals surface area contributed by atoms with Gasteiger partial charge in [-0.1, -0.05) is 30.1 Å².